The number of rotatable bonds is 3. The first-order valence-corrected chi connectivity index (χ1v) is 4.09. The summed E-state index contributed by atoms with van der Waals surface area (Å²) in [5.74, 6) is -3.99. The topological polar surface area (TPSA) is 63.6 Å². The zero-order valence-electron chi connectivity index (χ0n) is 8.20. The van der Waals surface area contributed by atoms with Gasteiger partial charge in [-0.3, -0.25) is 4.79 Å². The lowest BCUT2D eigenvalue weighted by Crippen LogP contribution is -2.16. The van der Waals surface area contributed by atoms with Gasteiger partial charge in [0.15, 0.2) is 0 Å². The third-order valence-electron chi connectivity index (χ3n) is 1.84. The van der Waals surface area contributed by atoms with E-state index < -0.39 is 23.1 Å². The first kappa shape index (κ1) is 11.2. The van der Waals surface area contributed by atoms with Crippen LogP contribution in [-0.2, 0) is 4.79 Å². The van der Waals surface area contributed by atoms with E-state index in [2.05, 4.69) is 0 Å². The van der Waals surface area contributed by atoms with E-state index in [4.69, 9.17) is 9.84 Å². The number of hydrogen-bond acceptors (Lipinski definition) is 3. The molecule has 0 saturated carbocycles. The lowest BCUT2D eigenvalue weighted by atomic mass is 10.1. The Morgan fingerprint density at radius 3 is 2.47 bits per heavy atom. The van der Waals surface area contributed by atoms with Crippen LogP contribution in [0, 0.1) is 12.7 Å². The highest BCUT2D eigenvalue weighted by Crippen LogP contribution is 2.23. The second-order valence-corrected chi connectivity index (χ2v) is 2.96. The summed E-state index contributed by atoms with van der Waals surface area (Å²) in [4.78, 5) is 21.6. The average Bonchev–Trinajstić information content (AvgIpc) is 2.15. The first-order valence-electron chi connectivity index (χ1n) is 4.09. The molecule has 0 saturated heterocycles. The van der Waals surface area contributed by atoms with E-state index >= 15 is 0 Å². The molecule has 1 aromatic rings. The van der Waals surface area contributed by atoms with Crippen LogP contribution in [0.15, 0.2) is 12.1 Å². The van der Waals surface area contributed by atoms with Crippen molar-refractivity contribution in [1.29, 1.82) is 0 Å². The van der Waals surface area contributed by atoms with E-state index in [1.54, 1.807) is 6.92 Å². The molecule has 0 aromatic heterocycles. The maximum atomic E-state index is 13.3. The van der Waals surface area contributed by atoms with Crippen LogP contribution in [0.1, 0.15) is 15.9 Å². The Labute approximate surface area is 85.3 Å². The van der Waals surface area contributed by atoms with Crippen LogP contribution in [-0.4, -0.2) is 24.0 Å². The number of benzene rings is 1. The molecule has 0 amide bonds. The molecule has 4 nitrogen and oxygen atoms in total. The molecule has 15 heavy (non-hydrogen) atoms. The van der Waals surface area contributed by atoms with Crippen LogP contribution in [0.3, 0.4) is 0 Å². The van der Waals surface area contributed by atoms with Crippen molar-refractivity contribution >= 4 is 11.8 Å². The normalized spacial score (nSPS) is 9.80. The van der Waals surface area contributed by atoms with Crippen molar-refractivity contribution in [1.82, 2.24) is 0 Å². The van der Waals surface area contributed by atoms with Gasteiger partial charge in [-0.1, -0.05) is 0 Å². The van der Waals surface area contributed by atoms with E-state index in [1.807, 2.05) is 0 Å². The Morgan fingerprint density at radius 1 is 1.40 bits per heavy atom. The smallest absolute Gasteiger partial charge is 0.377 e. The predicted octanol–water partition coefficient (Wildman–Crippen LogP) is 1.41. The maximum absolute atomic E-state index is 13.3. The molecule has 0 heterocycles. The second-order valence-electron chi connectivity index (χ2n) is 2.96. The van der Waals surface area contributed by atoms with E-state index in [1.165, 1.54) is 13.2 Å². The lowest BCUT2D eigenvalue weighted by molar-refractivity contribution is -0.131. The van der Waals surface area contributed by atoms with Crippen molar-refractivity contribution in [2.24, 2.45) is 0 Å². The van der Waals surface area contributed by atoms with Crippen molar-refractivity contribution in [2.45, 2.75) is 6.92 Å². The molecule has 1 rings (SSSR count). The highest BCUT2D eigenvalue weighted by molar-refractivity contribution is 6.40. The van der Waals surface area contributed by atoms with Crippen LogP contribution >= 0.6 is 0 Å². The first-order chi connectivity index (χ1) is 6.97. The Hall–Kier alpha value is -1.91. The summed E-state index contributed by atoms with van der Waals surface area (Å²) in [6, 6.07) is 2.48. The number of aliphatic carboxylic acids is 1. The number of methoxy groups -OCH3 is 1. The number of carboxylic acids is 1. The Kier molecular flexibility index (Phi) is 3.04. The van der Waals surface area contributed by atoms with Crippen LogP contribution in [0.25, 0.3) is 0 Å². The van der Waals surface area contributed by atoms with Crippen molar-refractivity contribution < 1.29 is 23.8 Å². The fourth-order valence-corrected chi connectivity index (χ4v) is 1.20. The van der Waals surface area contributed by atoms with Crippen LogP contribution in [0.2, 0.25) is 0 Å². The molecule has 1 N–H and O–H groups in total. The fourth-order valence-electron chi connectivity index (χ4n) is 1.20. The third kappa shape index (κ3) is 2.12. The third-order valence-corrected chi connectivity index (χ3v) is 1.84. The van der Waals surface area contributed by atoms with Crippen molar-refractivity contribution in [3.63, 3.8) is 0 Å². The van der Waals surface area contributed by atoms with Crippen molar-refractivity contribution in [2.75, 3.05) is 7.11 Å². The molecule has 1 aromatic carbocycles. The molecule has 0 atom stereocenters. The summed E-state index contributed by atoms with van der Waals surface area (Å²) in [5, 5.41) is 8.48. The summed E-state index contributed by atoms with van der Waals surface area (Å²) in [5.41, 5.74) is 0.00175. The molecule has 80 valence electrons. The number of ketones is 1. The van der Waals surface area contributed by atoms with Gasteiger partial charge in [-0.2, -0.15) is 0 Å². The van der Waals surface area contributed by atoms with Gasteiger partial charge < -0.3 is 9.84 Å². The Balaban J connectivity index is 3.39. The standard InChI is InChI=1S/C10H9FO4/c1-5-3-6(11)8(7(4-5)15-2)9(12)10(13)14/h3-4H,1-2H3,(H,13,14). The quantitative estimate of drug-likeness (QED) is 0.607. The van der Waals surface area contributed by atoms with Crippen LogP contribution in [0.4, 0.5) is 4.39 Å². The molecule has 0 aliphatic heterocycles. The molecule has 0 unspecified atom stereocenters. The number of Topliss-reactive ketones (excluding diaryl/α,β-unsaturated/α-hetero) is 1. The summed E-state index contributed by atoms with van der Waals surface area (Å²) >= 11 is 0. The van der Waals surface area contributed by atoms with Gasteiger partial charge in [0.05, 0.1) is 7.11 Å². The molecule has 0 fully saturated rings. The Morgan fingerprint density at radius 2 is 2.00 bits per heavy atom. The van der Waals surface area contributed by atoms with Crippen molar-refractivity contribution in [3.8, 4) is 5.75 Å². The molecule has 0 aliphatic carbocycles. The number of carboxylic acid groups (broad SMARTS) is 1. The SMILES string of the molecule is COc1cc(C)cc(F)c1C(=O)C(=O)O. The minimum Gasteiger partial charge on any atom is -0.496 e. The number of carbonyl (C=O) groups is 2. The fraction of sp³-hybridized carbons (Fsp3) is 0.200. The molecule has 0 radical (unpaired) electrons. The highest BCUT2D eigenvalue weighted by Gasteiger charge is 2.23. The predicted molar refractivity (Wildman–Crippen MR) is 49.7 cm³/mol. The van der Waals surface area contributed by atoms with Crippen LogP contribution in [0.5, 0.6) is 5.75 Å². The number of ether oxygens (including phenoxy) is 1. The summed E-state index contributed by atoms with van der Waals surface area (Å²) < 4.78 is 18.1. The minimum atomic E-state index is -1.71. The monoisotopic (exact) mass is 212 g/mol. The number of halogens is 1. The van der Waals surface area contributed by atoms with Gasteiger partial charge in [0.25, 0.3) is 5.78 Å². The van der Waals surface area contributed by atoms with Gasteiger partial charge >= 0.3 is 5.97 Å². The van der Waals surface area contributed by atoms with Gasteiger partial charge in [0.1, 0.15) is 17.1 Å². The van der Waals surface area contributed by atoms with Gasteiger partial charge in [-0.25, -0.2) is 9.18 Å². The second kappa shape index (κ2) is 4.08. The number of carbonyl (C=O) groups excluding carboxylic acids is 1. The maximum Gasteiger partial charge on any atom is 0.377 e. The number of aryl methyl sites for hydroxylation is 1. The average molecular weight is 212 g/mol. The van der Waals surface area contributed by atoms with E-state index in [0.29, 0.717) is 5.56 Å². The van der Waals surface area contributed by atoms with E-state index in [9.17, 15) is 14.0 Å². The highest BCUT2D eigenvalue weighted by atomic mass is 19.1. The van der Waals surface area contributed by atoms with Gasteiger partial charge in [-0.05, 0) is 24.6 Å². The van der Waals surface area contributed by atoms with Gasteiger partial charge in [0.2, 0.25) is 0 Å². The molecular weight excluding hydrogens is 203 g/mol. The van der Waals surface area contributed by atoms with Gasteiger partial charge in [-0.15, -0.1) is 0 Å². The molecule has 0 bridgehead atoms. The number of hydrogen-bond donors (Lipinski definition) is 1. The minimum absolute atomic E-state index is 0.0695. The molecule has 0 spiro atoms. The van der Waals surface area contributed by atoms with Crippen LogP contribution < -0.4 is 4.74 Å². The zero-order chi connectivity index (χ0) is 11.6. The largest absolute Gasteiger partial charge is 0.496 e. The Bertz CT molecular complexity index is 426. The van der Waals surface area contributed by atoms with Gasteiger partial charge in [0, 0.05) is 0 Å². The lowest BCUT2D eigenvalue weighted by Gasteiger charge is -2.07. The molecule has 0 aliphatic rings. The summed E-state index contributed by atoms with van der Waals surface area (Å²) in [6.45, 7) is 1.61. The zero-order valence-corrected chi connectivity index (χ0v) is 8.20. The van der Waals surface area contributed by atoms with Crippen molar-refractivity contribution in [3.05, 3.63) is 29.1 Å². The summed E-state index contributed by atoms with van der Waals surface area (Å²) in [7, 11) is 1.24. The molecular formula is C10H9FO4. The van der Waals surface area contributed by atoms with E-state index in [0.717, 1.165) is 6.07 Å². The van der Waals surface area contributed by atoms with E-state index in [-0.39, 0.29) is 5.75 Å². The molecule has 5 heteroatoms. The summed E-state index contributed by atoms with van der Waals surface area (Å²) in [6.07, 6.45) is 0.